The van der Waals surface area contributed by atoms with Crippen LogP contribution in [0.2, 0.25) is 10.0 Å². The van der Waals surface area contributed by atoms with E-state index in [9.17, 15) is 19.2 Å². The van der Waals surface area contributed by atoms with Gasteiger partial charge in [0.2, 0.25) is 0 Å². The molecule has 174 valence electrons. The summed E-state index contributed by atoms with van der Waals surface area (Å²) < 4.78 is 5.06. The molecule has 1 spiro atoms. The zero-order chi connectivity index (χ0) is 24.6. The first-order chi connectivity index (χ1) is 16.8. The van der Waals surface area contributed by atoms with E-state index in [-0.39, 0.29) is 16.1 Å². The Kier molecular flexibility index (Phi) is 4.72. The lowest BCUT2D eigenvalue weighted by atomic mass is 9.76. The molecule has 0 radical (unpaired) electrons. The Balaban J connectivity index is 1.69. The third kappa shape index (κ3) is 2.78. The molecule has 0 amide bonds. The van der Waals surface area contributed by atoms with Crippen LogP contribution in [0, 0.1) is 18.8 Å². The number of esters is 2. The van der Waals surface area contributed by atoms with Crippen molar-refractivity contribution in [2.75, 3.05) is 4.90 Å². The van der Waals surface area contributed by atoms with E-state index in [4.69, 9.17) is 27.9 Å². The van der Waals surface area contributed by atoms with Crippen LogP contribution in [0.15, 0.2) is 66.7 Å². The lowest BCUT2D eigenvalue weighted by molar-refractivity contribution is -0.154. The molecular weight excluding hydrogens is 489 g/mol. The van der Waals surface area contributed by atoms with Gasteiger partial charge < -0.3 is 9.64 Å². The summed E-state index contributed by atoms with van der Waals surface area (Å²) in [5, 5.41) is 0.502. The molecule has 3 aliphatic rings. The van der Waals surface area contributed by atoms with Crippen LogP contribution in [-0.2, 0) is 14.3 Å². The van der Waals surface area contributed by atoms with E-state index in [1.165, 1.54) is 0 Å². The van der Waals surface area contributed by atoms with Crippen molar-refractivity contribution in [3.63, 3.8) is 0 Å². The number of ether oxygens (including phenoxy) is 1. The molecular formula is C27H17Cl2NO5. The Morgan fingerprint density at radius 3 is 2.03 bits per heavy atom. The van der Waals surface area contributed by atoms with E-state index in [0.29, 0.717) is 16.3 Å². The van der Waals surface area contributed by atoms with Crippen molar-refractivity contribution >= 4 is 52.4 Å². The summed E-state index contributed by atoms with van der Waals surface area (Å²) in [6.07, 6.45) is 0. The number of hydrogen-bond donors (Lipinski definition) is 0. The molecule has 0 N–H and O–H groups in total. The van der Waals surface area contributed by atoms with Crippen molar-refractivity contribution in [2.45, 2.75) is 18.5 Å². The molecule has 2 fully saturated rings. The number of rotatable bonds is 2. The monoisotopic (exact) mass is 505 g/mol. The smallest absolute Gasteiger partial charge is 0.320 e. The second-order valence-electron chi connectivity index (χ2n) is 9.04. The normalized spacial score (nSPS) is 24.2. The Morgan fingerprint density at radius 2 is 1.43 bits per heavy atom. The maximum absolute atomic E-state index is 14.2. The van der Waals surface area contributed by atoms with Crippen LogP contribution in [0.3, 0.4) is 0 Å². The van der Waals surface area contributed by atoms with Crippen LogP contribution in [-0.4, -0.2) is 29.0 Å². The van der Waals surface area contributed by atoms with Gasteiger partial charge in [-0.25, -0.2) is 0 Å². The first kappa shape index (κ1) is 22.0. The van der Waals surface area contributed by atoms with E-state index in [0.717, 1.165) is 5.56 Å². The van der Waals surface area contributed by atoms with Gasteiger partial charge in [0.05, 0.1) is 22.0 Å². The number of hydrogen-bond acceptors (Lipinski definition) is 6. The largest absolute Gasteiger partial charge is 0.393 e. The van der Waals surface area contributed by atoms with Gasteiger partial charge in [0.1, 0.15) is 5.92 Å². The third-order valence-corrected chi connectivity index (χ3v) is 7.98. The Bertz CT molecular complexity index is 1430. The lowest BCUT2D eigenvalue weighted by Gasteiger charge is -2.39. The quantitative estimate of drug-likeness (QED) is 0.360. The molecule has 2 aliphatic heterocycles. The molecule has 6 rings (SSSR count). The second-order valence-corrected chi connectivity index (χ2v) is 9.85. The maximum Gasteiger partial charge on any atom is 0.320 e. The van der Waals surface area contributed by atoms with Gasteiger partial charge in [-0.1, -0.05) is 77.3 Å². The van der Waals surface area contributed by atoms with E-state index >= 15 is 0 Å². The number of aryl methyl sites for hydroxylation is 1. The third-order valence-electron chi connectivity index (χ3n) is 7.24. The minimum absolute atomic E-state index is 0.206. The Morgan fingerprint density at radius 1 is 0.800 bits per heavy atom. The second kappa shape index (κ2) is 7.51. The number of carbonyl (C=O) groups excluding carboxylic acids is 4. The predicted octanol–water partition coefficient (Wildman–Crippen LogP) is 5.00. The van der Waals surface area contributed by atoms with Crippen LogP contribution in [0.4, 0.5) is 5.69 Å². The summed E-state index contributed by atoms with van der Waals surface area (Å²) in [5.74, 6) is -5.11. The molecule has 35 heavy (non-hydrogen) atoms. The molecule has 0 saturated carbocycles. The number of benzene rings is 3. The van der Waals surface area contributed by atoms with Gasteiger partial charge in [-0.15, -0.1) is 0 Å². The highest BCUT2D eigenvalue weighted by atomic mass is 35.5. The summed E-state index contributed by atoms with van der Waals surface area (Å²) in [4.78, 5) is 56.2. The van der Waals surface area contributed by atoms with Crippen LogP contribution in [0.1, 0.15) is 37.9 Å². The summed E-state index contributed by atoms with van der Waals surface area (Å²) in [7, 11) is 0. The Hall–Kier alpha value is -3.48. The fourth-order valence-electron chi connectivity index (χ4n) is 5.80. The molecule has 2 saturated heterocycles. The summed E-state index contributed by atoms with van der Waals surface area (Å²) in [5.41, 5.74) is 0.469. The van der Waals surface area contributed by atoms with Crippen molar-refractivity contribution in [3.05, 3.63) is 99.0 Å². The van der Waals surface area contributed by atoms with Gasteiger partial charge in [-0.3, -0.25) is 19.2 Å². The fraction of sp³-hybridized carbons (Fsp3) is 0.185. The van der Waals surface area contributed by atoms with E-state index in [1.807, 2.05) is 31.2 Å². The lowest BCUT2D eigenvalue weighted by Crippen LogP contribution is -2.59. The van der Waals surface area contributed by atoms with Crippen molar-refractivity contribution in [1.29, 1.82) is 0 Å². The molecule has 3 aromatic carbocycles. The van der Waals surface area contributed by atoms with Crippen LogP contribution in [0.5, 0.6) is 0 Å². The minimum atomic E-state index is -2.00. The molecule has 6 nitrogen and oxygen atoms in total. The fourth-order valence-corrected chi connectivity index (χ4v) is 6.09. The molecule has 3 atom stereocenters. The molecule has 0 bridgehead atoms. The number of Topliss-reactive ketones (excluding diaryl/α,β-unsaturated/α-hetero) is 2. The predicted molar refractivity (Wildman–Crippen MR) is 129 cm³/mol. The summed E-state index contributed by atoms with van der Waals surface area (Å²) in [6, 6.07) is 17.8. The average Bonchev–Trinajstić information content (AvgIpc) is 3.40. The molecule has 3 unspecified atom stereocenters. The number of anilines is 1. The van der Waals surface area contributed by atoms with Gasteiger partial charge in [0, 0.05) is 16.8 Å². The van der Waals surface area contributed by atoms with Crippen molar-refractivity contribution in [3.8, 4) is 0 Å². The highest BCUT2D eigenvalue weighted by Gasteiger charge is 2.76. The van der Waals surface area contributed by atoms with Crippen molar-refractivity contribution in [2.24, 2.45) is 11.8 Å². The number of ketones is 2. The van der Waals surface area contributed by atoms with E-state index < -0.39 is 46.9 Å². The van der Waals surface area contributed by atoms with Crippen molar-refractivity contribution in [1.82, 2.24) is 0 Å². The average molecular weight is 506 g/mol. The number of cyclic esters (lactones) is 2. The highest BCUT2D eigenvalue weighted by molar-refractivity contribution is 6.42. The molecule has 3 aromatic rings. The topological polar surface area (TPSA) is 80.8 Å². The molecule has 1 aliphatic carbocycles. The number of carbonyl (C=O) groups is 4. The minimum Gasteiger partial charge on any atom is -0.393 e. The Labute approximate surface area is 210 Å². The van der Waals surface area contributed by atoms with Gasteiger partial charge in [0.15, 0.2) is 17.1 Å². The molecule has 8 heteroatoms. The van der Waals surface area contributed by atoms with E-state index in [2.05, 4.69) is 0 Å². The number of halogens is 2. The van der Waals surface area contributed by atoms with Gasteiger partial charge in [0.25, 0.3) is 0 Å². The molecule has 0 aromatic heterocycles. The highest BCUT2D eigenvalue weighted by Crippen LogP contribution is 2.60. The van der Waals surface area contributed by atoms with Crippen molar-refractivity contribution < 1.29 is 23.9 Å². The SMILES string of the molecule is Cc1ccc(C2C3C(=O)OC(=O)C3C3(C(=O)c4ccccc4C3=O)N2c2ccc(Cl)c(Cl)c2)cc1. The van der Waals surface area contributed by atoms with Crippen LogP contribution in [0.25, 0.3) is 0 Å². The van der Waals surface area contributed by atoms with Crippen LogP contribution < -0.4 is 4.90 Å². The molecule has 2 heterocycles. The van der Waals surface area contributed by atoms with Crippen LogP contribution >= 0.6 is 23.2 Å². The zero-order valence-corrected chi connectivity index (χ0v) is 19.8. The standard InChI is InChI=1S/C27H17Cl2NO5/c1-13-6-8-14(9-7-13)22-20-21(26(34)35-25(20)33)27(30(22)15-10-11-18(28)19(29)12-15)23(31)16-4-2-3-5-17(16)24(27)32/h2-12,20-22H,1H3. The number of nitrogens with zero attached hydrogens (tertiary/aromatic N) is 1. The summed E-state index contributed by atoms with van der Waals surface area (Å²) in [6.45, 7) is 1.92. The summed E-state index contributed by atoms with van der Waals surface area (Å²) >= 11 is 12.5. The maximum atomic E-state index is 14.2. The first-order valence-electron chi connectivity index (χ1n) is 11.0. The first-order valence-corrected chi connectivity index (χ1v) is 11.8. The zero-order valence-electron chi connectivity index (χ0n) is 18.3. The van der Waals surface area contributed by atoms with Gasteiger partial charge in [-0.2, -0.15) is 0 Å². The van der Waals surface area contributed by atoms with Gasteiger partial charge >= 0.3 is 11.9 Å². The van der Waals surface area contributed by atoms with Gasteiger partial charge in [-0.05, 0) is 30.7 Å². The number of fused-ring (bicyclic) bond motifs is 3. The van der Waals surface area contributed by atoms with E-state index in [1.54, 1.807) is 47.4 Å².